The van der Waals surface area contributed by atoms with Gasteiger partial charge in [0.05, 0.1) is 19.9 Å². The van der Waals surface area contributed by atoms with E-state index in [-0.39, 0.29) is 18.6 Å². The quantitative estimate of drug-likeness (QED) is 0.731. The highest BCUT2D eigenvalue weighted by Crippen LogP contribution is 2.14. The second-order valence-electron chi connectivity index (χ2n) is 5.34. The average molecular weight is 318 g/mol. The van der Waals surface area contributed by atoms with Gasteiger partial charge in [-0.3, -0.25) is 0 Å². The van der Waals surface area contributed by atoms with E-state index in [1.165, 1.54) is 6.26 Å². The summed E-state index contributed by atoms with van der Waals surface area (Å²) in [5, 5.41) is 15.3. The van der Waals surface area contributed by atoms with Crippen molar-refractivity contribution >= 4 is 6.03 Å². The van der Waals surface area contributed by atoms with Crippen molar-refractivity contribution in [3.63, 3.8) is 0 Å². The molecule has 1 aromatic carbocycles. The van der Waals surface area contributed by atoms with Crippen LogP contribution in [-0.2, 0) is 6.42 Å². The van der Waals surface area contributed by atoms with Crippen LogP contribution in [0, 0.1) is 0 Å². The van der Waals surface area contributed by atoms with Gasteiger partial charge < -0.3 is 24.9 Å². The largest absolute Gasteiger partial charge is 0.497 e. The van der Waals surface area contributed by atoms with Crippen molar-refractivity contribution in [1.82, 2.24) is 10.6 Å². The van der Waals surface area contributed by atoms with Gasteiger partial charge in [0.2, 0.25) is 0 Å². The number of hydrogen-bond acceptors (Lipinski definition) is 4. The fraction of sp³-hybridized carbons (Fsp3) is 0.353. The zero-order valence-electron chi connectivity index (χ0n) is 13.3. The van der Waals surface area contributed by atoms with Crippen LogP contribution in [-0.4, -0.2) is 30.8 Å². The summed E-state index contributed by atoms with van der Waals surface area (Å²) < 4.78 is 10.3. The van der Waals surface area contributed by atoms with Crippen LogP contribution in [0.4, 0.5) is 4.79 Å². The van der Waals surface area contributed by atoms with E-state index in [4.69, 9.17) is 9.15 Å². The molecule has 2 amide bonds. The third-order valence-corrected chi connectivity index (χ3v) is 3.38. The molecule has 1 aromatic heterocycles. The third kappa shape index (κ3) is 5.34. The number of ether oxygens (including phenoxy) is 1. The van der Waals surface area contributed by atoms with Crippen LogP contribution in [0.3, 0.4) is 0 Å². The van der Waals surface area contributed by atoms with Crippen LogP contribution in [0.5, 0.6) is 5.75 Å². The molecule has 0 aliphatic heterocycles. The average Bonchev–Trinajstić information content (AvgIpc) is 3.07. The van der Waals surface area contributed by atoms with Gasteiger partial charge in [0.1, 0.15) is 17.6 Å². The van der Waals surface area contributed by atoms with Crippen LogP contribution in [0.1, 0.15) is 24.4 Å². The van der Waals surface area contributed by atoms with Crippen molar-refractivity contribution in [2.45, 2.75) is 25.5 Å². The molecule has 2 unspecified atom stereocenters. The lowest BCUT2D eigenvalue weighted by atomic mass is 10.1. The Labute approximate surface area is 135 Å². The normalized spacial score (nSPS) is 13.2. The maximum atomic E-state index is 11.9. The number of benzene rings is 1. The zero-order chi connectivity index (χ0) is 16.7. The Bertz CT molecular complexity index is 613. The van der Waals surface area contributed by atoms with Crippen LogP contribution >= 0.6 is 0 Å². The van der Waals surface area contributed by atoms with Crippen LogP contribution in [0.2, 0.25) is 0 Å². The highest BCUT2D eigenvalue weighted by atomic mass is 16.5. The van der Waals surface area contributed by atoms with Crippen molar-refractivity contribution in [3.05, 3.63) is 54.0 Å². The van der Waals surface area contributed by atoms with Gasteiger partial charge in [-0.05, 0) is 43.2 Å². The summed E-state index contributed by atoms with van der Waals surface area (Å²) in [6.45, 7) is 2.01. The molecular formula is C17H22N2O4. The molecule has 2 rings (SSSR count). The first-order valence-electron chi connectivity index (χ1n) is 7.47. The predicted octanol–water partition coefficient (Wildman–Crippen LogP) is 2.25. The van der Waals surface area contributed by atoms with Gasteiger partial charge in [0, 0.05) is 6.04 Å². The molecule has 124 valence electrons. The summed E-state index contributed by atoms with van der Waals surface area (Å²) in [5.74, 6) is 1.22. The molecule has 0 saturated heterocycles. The Morgan fingerprint density at radius 2 is 2.17 bits per heavy atom. The van der Waals surface area contributed by atoms with Crippen molar-refractivity contribution < 1.29 is 19.1 Å². The van der Waals surface area contributed by atoms with E-state index < -0.39 is 6.10 Å². The van der Waals surface area contributed by atoms with E-state index in [9.17, 15) is 9.90 Å². The first-order valence-corrected chi connectivity index (χ1v) is 7.47. The minimum atomic E-state index is -0.857. The molecule has 0 bridgehead atoms. The van der Waals surface area contributed by atoms with Gasteiger partial charge in [-0.25, -0.2) is 4.79 Å². The Kier molecular flexibility index (Phi) is 6.05. The fourth-order valence-corrected chi connectivity index (χ4v) is 2.25. The van der Waals surface area contributed by atoms with Crippen LogP contribution in [0.25, 0.3) is 0 Å². The summed E-state index contributed by atoms with van der Waals surface area (Å²) in [6.07, 6.45) is 1.31. The molecule has 3 N–H and O–H groups in total. The van der Waals surface area contributed by atoms with E-state index in [2.05, 4.69) is 10.6 Å². The van der Waals surface area contributed by atoms with Crippen LogP contribution < -0.4 is 15.4 Å². The smallest absolute Gasteiger partial charge is 0.315 e. The van der Waals surface area contributed by atoms with Gasteiger partial charge in [0.15, 0.2) is 0 Å². The number of furan rings is 1. The standard InChI is InChI=1S/C17H22N2O4/c1-12(9-13-5-3-6-14(10-13)22-2)19-17(21)18-11-15(20)16-7-4-8-23-16/h3-8,10,12,15,20H,9,11H2,1-2H3,(H2,18,19,21). The number of nitrogens with one attached hydrogen (secondary N) is 2. The summed E-state index contributed by atoms with van der Waals surface area (Å²) in [5.41, 5.74) is 1.08. The number of hydrogen-bond donors (Lipinski definition) is 3. The molecule has 6 heteroatoms. The maximum absolute atomic E-state index is 11.9. The lowest BCUT2D eigenvalue weighted by molar-refractivity contribution is 0.147. The van der Waals surface area contributed by atoms with E-state index >= 15 is 0 Å². The van der Waals surface area contributed by atoms with Crippen molar-refractivity contribution in [3.8, 4) is 5.75 Å². The Morgan fingerprint density at radius 3 is 2.87 bits per heavy atom. The molecule has 0 saturated carbocycles. The highest BCUT2D eigenvalue weighted by Gasteiger charge is 2.13. The molecule has 0 fully saturated rings. The molecule has 0 spiro atoms. The molecular weight excluding hydrogens is 296 g/mol. The number of carbonyl (C=O) groups is 1. The van der Waals surface area contributed by atoms with Gasteiger partial charge in [-0.2, -0.15) is 0 Å². The molecule has 1 heterocycles. The monoisotopic (exact) mass is 318 g/mol. The molecule has 0 aliphatic carbocycles. The van der Waals surface area contributed by atoms with E-state index in [0.29, 0.717) is 12.2 Å². The molecule has 0 radical (unpaired) electrons. The number of urea groups is 1. The summed E-state index contributed by atoms with van der Waals surface area (Å²) in [6, 6.07) is 10.7. The van der Waals surface area contributed by atoms with Gasteiger partial charge in [0.25, 0.3) is 0 Å². The number of aliphatic hydroxyl groups is 1. The molecule has 2 aromatic rings. The Hall–Kier alpha value is -2.47. The first kappa shape index (κ1) is 16.9. The summed E-state index contributed by atoms with van der Waals surface area (Å²) in [7, 11) is 1.62. The minimum absolute atomic E-state index is 0.0529. The van der Waals surface area contributed by atoms with E-state index in [1.54, 1.807) is 19.2 Å². The lowest BCUT2D eigenvalue weighted by Gasteiger charge is -2.16. The third-order valence-electron chi connectivity index (χ3n) is 3.38. The van der Waals surface area contributed by atoms with Crippen molar-refractivity contribution in [2.75, 3.05) is 13.7 Å². The van der Waals surface area contributed by atoms with Gasteiger partial charge in [-0.15, -0.1) is 0 Å². The summed E-state index contributed by atoms with van der Waals surface area (Å²) >= 11 is 0. The summed E-state index contributed by atoms with van der Waals surface area (Å²) in [4.78, 5) is 11.9. The zero-order valence-corrected chi connectivity index (χ0v) is 13.3. The molecule has 23 heavy (non-hydrogen) atoms. The van der Waals surface area contributed by atoms with Crippen molar-refractivity contribution in [2.24, 2.45) is 0 Å². The van der Waals surface area contributed by atoms with Crippen LogP contribution in [0.15, 0.2) is 47.1 Å². The molecule has 2 atom stereocenters. The Balaban J connectivity index is 1.75. The number of methoxy groups -OCH3 is 1. The predicted molar refractivity (Wildman–Crippen MR) is 86.4 cm³/mol. The molecule has 6 nitrogen and oxygen atoms in total. The lowest BCUT2D eigenvalue weighted by Crippen LogP contribution is -2.43. The first-order chi connectivity index (χ1) is 11.1. The second kappa shape index (κ2) is 8.24. The van der Waals surface area contributed by atoms with E-state index in [1.807, 2.05) is 31.2 Å². The van der Waals surface area contributed by atoms with Gasteiger partial charge >= 0.3 is 6.03 Å². The maximum Gasteiger partial charge on any atom is 0.315 e. The minimum Gasteiger partial charge on any atom is -0.497 e. The molecule has 0 aliphatic rings. The fourth-order valence-electron chi connectivity index (χ4n) is 2.25. The van der Waals surface area contributed by atoms with E-state index in [0.717, 1.165) is 11.3 Å². The number of carbonyl (C=O) groups excluding carboxylic acids is 1. The number of rotatable bonds is 7. The van der Waals surface area contributed by atoms with Gasteiger partial charge in [-0.1, -0.05) is 12.1 Å². The second-order valence-corrected chi connectivity index (χ2v) is 5.34. The SMILES string of the molecule is COc1cccc(CC(C)NC(=O)NCC(O)c2ccco2)c1. The Morgan fingerprint density at radius 1 is 1.35 bits per heavy atom. The topological polar surface area (TPSA) is 83.7 Å². The number of aliphatic hydroxyl groups excluding tert-OH is 1. The number of amides is 2. The highest BCUT2D eigenvalue weighted by molar-refractivity contribution is 5.74. The van der Waals surface area contributed by atoms with Crippen molar-refractivity contribution in [1.29, 1.82) is 0 Å².